The number of hydrogen-bond donors (Lipinski definition) is 2. The smallest absolute Gasteiger partial charge is 0.187 e. The molecule has 3 N–H and O–H groups in total. The number of aromatic nitrogens is 1. The fraction of sp³-hybridized carbons (Fsp3) is 0.308. The highest BCUT2D eigenvalue weighted by molar-refractivity contribution is 7.92. The Morgan fingerprint density at radius 3 is 2.62 bits per heavy atom. The summed E-state index contributed by atoms with van der Waals surface area (Å²) in [6, 6.07) is 6.00. The topological polar surface area (TPSA) is 85.1 Å². The summed E-state index contributed by atoms with van der Waals surface area (Å²) < 4.78 is 41.5. The van der Waals surface area contributed by atoms with Gasteiger partial charge in [-0.15, -0.1) is 0 Å². The molecule has 1 heterocycles. The van der Waals surface area contributed by atoms with Crippen LogP contribution in [0.5, 0.6) is 0 Å². The average Bonchev–Trinajstić information content (AvgIpc) is 3.23. The van der Waals surface area contributed by atoms with Crippen molar-refractivity contribution in [1.29, 1.82) is 0 Å². The van der Waals surface area contributed by atoms with Gasteiger partial charge in [-0.25, -0.2) is 12.8 Å². The van der Waals surface area contributed by atoms with E-state index < -0.39 is 9.84 Å². The molecule has 2 aromatic rings. The Morgan fingerprint density at radius 2 is 2.00 bits per heavy atom. The quantitative estimate of drug-likeness (QED) is 0.881. The van der Waals surface area contributed by atoms with Crippen LogP contribution in [0, 0.1) is 5.82 Å². The molecule has 5 nitrogen and oxygen atoms in total. The van der Waals surface area contributed by atoms with Crippen molar-refractivity contribution in [3.05, 3.63) is 35.6 Å². The lowest BCUT2D eigenvalue weighted by Gasteiger charge is -2.07. The van der Waals surface area contributed by atoms with Crippen molar-refractivity contribution in [2.75, 3.05) is 11.1 Å². The van der Waals surface area contributed by atoms with Crippen LogP contribution in [0.2, 0.25) is 0 Å². The van der Waals surface area contributed by atoms with Gasteiger partial charge >= 0.3 is 0 Å². The number of nitrogen functional groups attached to an aromatic ring is 1. The number of sulfone groups is 1. The Morgan fingerprint density at radius 1 is 1.33 bits per heavy atom. The molecule has 1 aromatic carbocycles. The molecule has 21 heavy (non-hydrogen) atoms. The second-order valence-electron chi connectivity index (χ2n) is 4.95. The van der Waals surface area contributed by atoms with Crippen molar-refractivity contribution < 1.29 is 12.8 Å². The number of nitrogens with two attached hydrogens (primary N) is 1. The molecule has 0 spiro atoms. The molecule has 1 aliphatic rings. The molecule has 1 aliphatic carbocycles. The van der Waals surface area contributed by atoms with Gasteiger partial charge in [0.25, 0.3) is 0 Å². The first kappa shape index (κ1) is 14.3. The van der Waals surface area contributed by atoms with E-state index in [9.17, 15) is 12.8 Å². The lowest BCUT2D eigenvalue weighted by atomic mass is 10.2. The predicted molar refractivity (Wildman–Crippen MR) is 80.5 cm³/mol. The number of nitrogens with one attached hydrogen (secondary N) is 1. The third-order valence-electron chi connectivity index (χ3n) is 3.29. The van der Waals surface area contributed by atoms with Crippen molar-refractivity contribution >= 4 is 32.2 Å². The Hall–Kier alpha value is -1.67. The first-order valence-corrected chi connectivity index (χ1v) is 8.78. The van der Waals surface area contributed by atoms with Crippen molar-refractivity contribution in [3.8, 4) is 0 Å². The number of benzene rings is 1. The number of rotatable bonds is 5. The van der Waals surface area contributed by atoms with Crippen LogP contribution in [0.15, 0.2) is 29.2 Å². The largest absolute Gasteiger partial charge is 0.382 e. The summed E-state index contributed by atoms with van der Waals surface area (Å²) in [7, 11) is -3.39. The predicted octanol–water partition coefficient (Wildman–Crippen LogP) is 2.41. The summed E-state index contributed by atoms with van der Waals surface area (Å²) in [6.07, 6.45) is 1.35. The molecule has 8 heteroatoms. The van der Waals surface area contributed by atoms with Gasteiger partial charge in [-0.3, -0.25) is 0 Å². The third kappa shape index (κ3) is 2.86. The maximum absolute atomic E-state index is 12.8. The van der Waals surface area contributed by atoms with Gasteiger partial charge in [0.05, 0.1) is 5.25 Å². The molecule has 0 amide bonds. The van der Waals surface area contributed by atoms with Crippen molar-refractivity contribution in [3.63, 3.8) is 0 Å². The normalized spacial score (nSPS) is 15.1. The van der Waals surface area contributed by atoms with Crippen LogP contribution >= 0.6 is 11.5 Å². The van der Waals surface area contributed by atoms with Crippen molar-refractivity contribution in [1.82, 2.24) is 4.37 Å². The van der Waals surface area contributed by atoms with Gasteiger partial charge < -0.3 is 11.1 Å². The van der Waals surface area contributed by atoms with Crippen LogP contribution in [0.3, 0.4) is 0 Å². The first-order valence-electron chi connectivity index (χ1n) is 6.46. The molecule has 0 atom stereocenters. The Kier molecular flexibility index (Phi) is 3.58. The summed E-state index contributed by atoms with van der Waals surface area (Å²) in [4.78, 5) is 0.108. The van der Waals surface area contributed by atoms with Crippen LogP contribution in [0.1, 0.15) is 18.4 Å². The number of halogens is 1. The van der Waals surface area contributed by atoms with E-state index >= 15 is 0 Å². The minimum absolute atomic E-state index is 0.0495. The van der Waals surface area contributed by atoms with Gasteiger partial charge in [0.2, 0.25) is 0 Å². The third-order valence-corrected chi connectivity index (χ3v) is 6.57. The standard InChI is InChI=1S/C13H14FN3O2S2/c14-9-3-1-8(2-4-9)7-16-13-11(12(15)17-20-13)21(18,19)10-5-6-10/h1-4,10,16H,5-7H2,(H2,15,17). The molecule has 1 saturated carbocycles. The molecule has 1 fully saturated rings. The molecule has 0 unspecified atom stereocenters. The lowest BCUT2D eigenvalue weighted by Crippen LogP contribution is -2.11. The van der Waals surface area contributed by atoms with E-state index in [1.807, 2.05) is 0 Å². The molecule has 0 saturated heterocycles. The van der Waals surface area contributed by atoms with Crippen LogP contribution in [0.4, 0.5) is 15.2 Å². The molecule has 1 aromatic heterocycles. The second kappa shape index (κ2) is 5.27. The van der Waals surface area contributed by atoms with Crippen LogP contribution in [-0.4, -0.2) is 18.0 Å². The van der Waals surface area contributed by atoms with E-state index in [2.05, 4.69) is 9.69 Å². The van der Waals surface area contributed by atoms with Gasteiger partial charge in [-0.2, -0.15) is 4.37 Å². The molecule has 0 aliphatic heterocycles. The highest BCUT2D eigenvalue weighted by Crippen LogP contribution is 2.41. The van der Waals surface area contributed by atoms with E-state index in [0.29, 0.717) is 24.4 Å². The van der Waals surface area contributed by atoms with Gasteiger partial charge in [-0.05, 0) is 42.1 Å². The zero-order valence-corrected chi connectivity index (χ0v) is 12.7. The van der Waals surface area contributed by atoms with Crippen molar-refractivity contribution in [2.45, 2.75) is 29.5 Å². The monoisotopic (exact) mass is 327 g/mol. The highest BCUT2D eigenvalue weighted by atomic mass is 32.2. The maximum atomic E-state index is 12.8. The van der Waals surface area contributed by atoms with Gasteiger partial charge in [0.15, 0.2) is 15.7 Å². The fourth-order valence-corrected chi connectivity index (χ4v) is 4.89. The lowest BCUT2D eigenvalue weighted by molar-refractivity contribution is 0.595. The molecular formula is C13H14FN3O2S2. The Bertz CT molecular complexity index is 752. The van der Waals surface area contributed by atoms with E-state index in [1.54, 1.807) is 12.1 Å². The van der Waals surface area contributed by atoms with Gasteiger partial charge in [-0.1, -0.05) is 12.1 Å². The zero-order chi connectivity index (χ0) is 15.0. The van der Waals surface area contributed by atoms with Gasteiger partial charge in [0, 0.05) is 6.54 Å². The number of anilines is 2. The summed E-state index contributed by atoms with van der Waals surface area (Å²) in [5.41, 5.74) is 6.56. The van der Waals surface area contributed by atoms with Crippen LogP contribution in [0.25, 0.3) is 0 Å². The minimum atomic E-state index is -3.39. The molecule has 0 radical (unpaired) electrons. The first-order chi connectivity index (χ1) is 9.98. The Labute approximate surface area is 126 Å². The van der Waals surface area contributed by atoms with E-state index in [0.717, 1.165) is 17.1 Å². The van der Waals surface area contributed by atoms with Crippen LogP contribution in [-0.2, 0) is 16.4 Å². The summed E-state index contributed by atoms with van der Waals surface area (Å²) in [5.74, 6) is -0.258. The molecule has 3 rings (SSSR count). The maximum Gasteiger partial charge on any atom is 0.187 e. The van der Waals surface area contributed by atoms with E-state index in [-0.39, 0.29) is 21.8 Å². The van der Waals surface area contributed by atoms with E-state index in [1.165, 1.54) is 12.1 Å². The highest BCUT2D eigenvalue weighted by Gasteiger charge is 2.40. The summed E-state index contributed by atoms with van der Waals surface area (Å²) >= 11 is 1.03. The second-order valence-corrected chi connectivity index (χ2v) is 7.89. The zero-order valence-electron chi connectivity index (χ0n) is 11.0. The number of nitrogens with zero attached hydrogens (tertiary/aromatic N) is 1. The fourth-order valence-electron chi connectivity index (χ4n) is 2.01. The number of hydrogen-bond acceptors (Lipinski definition) is 6. The SMILES string of the molecule is Nc1nsc(NCc2ccc(F)cc2)c1S(=O)(=O)C1CC1. The Balaban J connectivity index is 1.82. The minimum Gasteiger partial charge on any atom is -0.382 e. The molecular weight excluding hydrogens is 313 g/mol. The van der Waals surface area contributed by atoms with Crippen LogP contribution < -0.4 is 11.1 Å². The average molecular weight is 327 g/mol. The summed E-state index contributed by atoms with van der Waals surface area (Å²) in [5, 5.41) is 3.15. The van der Waals surface area contributed by atoms with E-state index in [4.69, 9.17) is 5.73 Å². The van der Waals surface area contributed by atoms with Gasteiger partial charge in [0.1, 0.15) is 15.7 Å². The molecule has 112 valence electrons. The van der Waals surface area contributed by atoms with Crippen molar-refractivity contribution in [2.24, 2.45) is 0 Å². The molecule has 0 bridgehead atoms. The summed E-state index contributed by atoms with van der Waals surface area (Å²) in [6.45, 7) is 0.384.